The SMILES string of the molecule is CCN(CC)c1cc(NC(C)=O)c(/N=N/c2c(C#N)c(C(C)(C)C)nn2CC(C)O)cc1OC. The van der Waals surface area contributed by atoms with Gasteiger partial charge in [0.05, 0.1) is 36.8 Å². The fourth-order valence-corrected chi connectivity index (χ4v) is 3.57. The molecule has 1 amide bonds. The molecule has 10 heteroatoms. The van der Waals surface area contributed by atoms with Gasteiger partial charge in [-0.25, -0.2) is 4.68 Å². The number of nitriles is 1. The number of amides is 1. The Morgan fingerprint density at radius 2 is 1.97 bits per heavy atom. The second-order valence-corrected chi connectivity index (χ2v) is 9.03. The van der Waals surface area contributed by atoms with Gasteiger partial charge in [0, 0.05) is 31.5 Å². The summed E-state index contributed by atoms with van der Waals surface area (Å²) in [6, 6.07) is 5.70. The number of nitrogens with zero attached hydrogens (tertiary/aromatic N) is 6. The smallest absolute Gasteiger partial charge is 0.221 e. The predicted octanol–water partition coefficient (Wildman–Crippen LogP) is 4.66. The van der Waals surface area contributed by atoms with E-state index < -0.39 is 11.5 Å². The van der Waals surface area contributed by atoms with Gasteiger partial charge in [-0.05, 0) is 26.8 Å². The number of rotatable bonds is 9. The predicted molar refractivity (Wildman–Crippen MR) is 132 cm³/mol. The first-order chi connectivity index (χ1) is 16.0. The number of hydrogen-bond donors (Lipinski definition) is 2. The Bertz CT molecular complexity index is 1090. The third kappa shape index (κ3) is 6.11. The van der Waals surface area contributed by atoms with Crippen LogP contribution in [0.25, 0.3) is 0 Å². The van der Waals surface area contributed by atoms with Gasteiger partial charge in [0.15, 0.2) is 5.82 Å². The zero-order valence-electron chi connectivity index (χ0n) is 21.3. The summed E-state index contributed by atoms with van der Waals surface area (Å²) in [6.07, 6.45) is -0.698. The number of anilines is 2. The Morgan fingerprint density at radius 1 is 1.32 bits per heavy atom. The molecule has 0 aliphatic carbocycles. The third-order valence-electron chi connectivity index (χ3n) is 5.15. The molecule has 0 spiro atoms. The van der Waals surface area contributed by atoms with E-state index in [0.717, 1.165) is 18.8 Å². The van der Waals surface area contributed by atoms with Crippen molar-refractivity contribution in [1.82, 2.24) is 9.78 Å². The molecule has 34 heavy (non-hydrogen) atoms. The molecule has 0 saturated heterocycles. The van der Waals surface area contributed by atoms with E-state index in [1.54, 1.807) is 26.2 Å². The number of ether oxygens (including phenoxy) is 1. The van der Waals surface area contributed by atoms with Crippen molar-refractivity contribution in [3.8, 4) is 11.8 Å². The van der Waals surface area contributed by atoms with E-state index in [9.17, 15) is 15.2 Å². The molecule has 0 saturated carbocycles. The summed E-state index contributed by atoms with van der Waals surface area (Å²) < 4.78 is 7.09. The van der Waals surface area contributed by atoms with Gasteiger partial charge in [0.25, 0.3) is 0 Å². The highest BCUT2D eigenvalue weighted by molar-refractivity contribution is 5.93. The molecule has 184 valence electrons. The minimum Gasteiger partial charge on any atom is -0.494 e. The van der Waals surface area contributed by atoms with Gasteiger partial charge < -0.3 is 20.1 Å². The van der Waals surface area contributed by atoms with E-state index in [1.807, 2.05) is 34.6 Å². The molecule has 1 heterocycles. The van der Waals surface area contributed by atoms with E-state index in [4.69, 9.17) is 4.74 Å². The fraction of sp³-hybridized carbons (Fsp3) is 0.542. The van der Waals surface area contributed by atoms with Gasteiger partial charge in [-0.3, -0.25) is 4.79 Å². The lowest BCUT2D eigenvalue weighted by Crippen LogP contribution is -2.22. The van der Waals surface area contributed by atoms with Crippen LogP contribution in [0.2, 0.25) is 0 Å². The summed E-state index contributed by atoms with van der Waals surface area (Å²) >= 11 is 0. The van der Waals surface area contributed by atoms with Gasteiger partial charge >= 0.3 is 0 Å². The van der Waals surface area contributed by atoms with Crippen LogP contribution < -0.4 is 15.0 Å². The Morgan fingerprint density at radius 3 is 2.44 bits per heavy atom. The number of hydrogen-bond acceptors (Lipinski definition) is 8. The minimum absolute atomic E-state index is 0.155. The number of carbonyl (C=O) groups is 1. The molecule has 1 unspecified atom stereocenters. The molecular formula is C24H35N7O3. The summed E-state index contributed by atoms with van der Waals surface area (Å²) in [5.74, 6) is 0.577. The van der Waals surface area contributed by atoms with Crippen LogP contribution in [0.15, 0.2) is 22.4 Å². The largest absolute Gasteiger partial charge is 0.494 e. The van der Waals surface area contributed by atoms with Crippen molar-refractivity contribution in [2.45, 2.75) is 66.5 Å². The van der Waals surface area contributed by atoms with E-state index in [2.05, 4.69) is 31.6 Å². The Labute approximate surface area is 201 Å². The van der Waals surface area contributed by atoms with Crippen LogP contribution in [0, 0.1) is 11.3 Å². The van der Waals surface area contributed by atoms with Crippen LogP contribution in [0.3, 0.4) is 0 Å². The molecule has 2 rings (SSSR count). The normalized spacial score (nSPS) is 12.5. The number of benzene rings is 1. The van der Waals surface area contributed by atoms with Gasteiger partial charge in [-0.15, -0.1) is 10.2 Å². The first kappa shape index (κ1) is 26.8. The van der Waals surface area contributed by atoms with Crippen LogP contribution >= 0.6 is 0 Å². The molecule has 0 aliphatic rings. The topological polar surface area (TPSA) is 128 Å². The molecule has 0 aliphatic heterocycles. The van der Waals surface area contributed by atoms with Crippen molar-refractivity contribution < 1.29 is 14.6 Å². The average Bonchev–Trinajstić information content (AvgIpc) is 3.10. The lowest BCUT2D eigenvalue weighted by molar-refractivity contribution is -0.114. The number of methoxy groups -OCH3 is 1. The number of aliphatic hydroxyl groups is 1. The number of aromatic nitrogens is 2. The average molecular weight is 470 g/mol. The molecule has 0 radical (unpaired) electrons. The standard InChI is InChI=1S/C24H35N7O3/c1-9-30(10-2)20-11-18(26-16(4)33)19(12-21(20)34-8)27-28-23-17(13-25)22(24(5,6)7)29-31(23)14-15(3)32/h11-12,15,32H,9-10,14H2,1-8H3,(H,26,33)/b28-27+. The maximum Gasteiger partial charge on any atom is 0.221 e. The zero-order valence-corrected chi connectivity index (χ0v) is 21.3. The van der Waals surface area contributed by atoms with Crippen molar-refractivity contribution in [2.75, 3.05) is 30.4 Å². The lowest BCUT2D eigenvalue weighted by atomic mass is 9.90. The summed E-state index contributed by atoms with van der Waals surface area (Å²) in [5.41, 5.74) is 2.12. The number of nitrogens with one attached hydrogen (secondary N) is 1. The summed E-state index contributed by atoms with van der Waals surface area (Å²) in [6.45, 7) is 14.7. The quantitative estimate of drug-likeness (QED) is 0.514. The van der Waals surface area contributed by atoms with E-state index in [-0.39, 0.29) is 18.3 Å². The van der Waals surface area contributed by atoms with Crippen molar-refractivity contribution in [3.05, 3.63) is 23.4 Å². The molecule has 1 aromatic carbocycles. The highest BCUT2D eigenvalue weighted by atomic mass is 16.5. The van der Waals surface area contributed by atoms with Crippen molar-refractivity contribution in [3.63, 3.8) is 0 Å². The fourth-order valence-electron chi connectivity index (χ4n) is 3.57. The van der Waals surface area contributed by atoms with Crippen molar-refractivity contribution in [1.29, 1.82) is 5.26 Å². The summed E-state index contributed by atoms with van der Waals surface area (Å²) in [5, 5.41) is 35.9. The highest BCUT2D eigenvalue weighted by Gasteiger charge is 2.27. The minimum atomic E-state index is -0.698. The number of carbonyl (C=O) groups excluding carboxylic acids is 1. The van der Waals surface area contributed by atoms with Crippen LogP contribution in [0.4, 0.5) is 22.9 Å². The zero-order chi connectivity index (χ0) is 25.6. The highest BCUT2D eigenvalue weighted by Crippen LogP contribution is 2.40. The van der Waals surface area contributed by atoms with Crippen LogP contribution in [0.5, 0.6) is 5.75 Å². The molecule has 0 bridgehead atoms. The first-order valence-electron chi connectivity index (χ1n) is 11.3. The molecule has 2 aromatic rings. The van der Waals surface area contributed by atoms with E-state index in [0.29, 0.717) is 28.4 Å². The number of aliphatic hydroxyl groups excluding tert-OH is 1. The monoisotopic (exact) mass is 469 g/mol. The molecular weight excluding hydrogens is 434 g/mol. The lowest BCUT2D eigenvalue weighted by Gasteiger charge is -2.24. The molecule has 2 N–H and O–H groups in total. The Balaban J connectivity index is 2.71. The van der Waals surface area contributed by atoms with Crippen molar-refractivity contribution in [2.24, 2.45) is 10.2 Å². The Kier molecular flexibility index (Phi) is 8.76. The van der Waals surface area contributed by atoms with Crippen LogP contribution in [0.1, 0.15) is 59.7 Å². The number of azo groups is 1. The third-order valence-corrected chi connectivity index (χ3v) is 5.15. The van der Waals surface area contributed by atoms with Crippen molar-refractivity contribution >= 4 is 28.8 Å². The van der Waals surface area contributed by atoms with E-state index >= 15 is 0 Å². The Hall–Kier alpha value is -3.45. The molecule has 10 nitrogen and oxygen atoms in total. The van der Waals surface area contributed by atoms with Gasteiger partial charge in [-0.2, -0.15) is 10.4 Å². The summed E-state index contributed by atoms with van der Waals surface area (Å²) in [7, 11) is 1.57. The molecule has 0 fully saturated rings. The van der Waals surface area contributed by atoms with Crippen LogP contribution in [-0.4, -0.2) is 47.1 Å². The maximum absolute atomic E-state index is 11.9. The molecule has 1 atom stereocenters. The van der Waals surface area contributed by atoms with Gasteiger partial charge in [0.2, 0.25) is 5.91 Å². The summed E-state index contributed by atoms with van der Waals surface area (Å²) in [4.78, 5) is 14.0. The van der Waals surface area contributed by atoms with E-state index in [1.165, 1.54) is 11.6 Å². The first-order valence-corrected chi connectivity index (χ1v) is 11.3. The second kappa shape index (κ2) is 11.1. The molecule has 1 aromatic heterocycles. The van der Waals surface area contributed by atoms with Crippen LogP contribution in [-0.2, 0) is 16.8 Å². The maximum atomic E-state index is 11.9. The van der Waals surface area contributed by atoms with Gasteiger partial charge in [-0.1, -0.05) is 20.8 Å². The second-order valence-electron chi connectivity index (χ2n) is 9.03. The van der Waals surface area contributed by atoms with Gasteiger partial charge in [0.1, 0.15) is 23.1 Å².